The van der Waals surface area contributed by atoms with Crippen LogP contribution >= 0.6 is 11.6 Å². The predicted molar refractivity (Wildman–Crippen MR) is 121 cm³/mol. The fourth-order valence-electron chi connectivity index (χ4n) is 3.77. The average molecular weight is 463 g/mol. The third kappa shape index (κ3) is 4.97. The van der Waals surface area contributed by atoms with Crippen molar-refractivity contribution in [3.63, 3.8) is 0 Å². The summed E-state index contributed by atoms with van der Waals surface area (Å²) < 4.78 is 26.5. The highest BCUT2D eigenvalue weighted by atomic mass is 35.5. The van der Waals surface area contributed by atoms with Crippen LogP contribution in [0.3, 0.4) is 0 Å². The summed E-state index contributed by atoms with van der Waals surface area (Å²) in [6, 6.07) is 9.90. The third-order valence-corrected chi connectivity index (χ3v) is 5.55. The largest absolute Gasteiger partial charge is 0.324 e. The van der Waals surface area contributed by atoms with Gasteiger partial charge in [0.1, 0.15) is 17.9 Å². The lowest BCUT2D eigenvalue weighted by Crippen LogP contribution is -2.54. The van der Waals surface area contributed by atoms with E-state index in [0.717, 1.165) is 12.1 Å². The van der Waals surface area contributed by atoms with Gasteiger partial charge in [-0.15, -0.1) is 0 Å². The number of amides is 2. The van der Waals surface area contributed by atoms with E-state index in [0.29, 0.717) is 36.5 Å². The van der Waals surface area contributed by atoms with Crippen LogP contribution in [0.15, 0.2) is 47.5 Å². The van der Waals surface area contributed by atoms with Crippen molar-refractivity contribution in [2.24, 2.45) is 4.99 Å². The second-order valence-electron chi connectivity index (χ2n) is 7.27. The number of hydrogen-bond acceptors (Lipinski definition) is 4. The fourth-order valence-corrected chi connectivity index (χ4v) is 3.90. The van der Waals surface area contributed by atoms with E-state index in [1.807, 2.05) is 13.8 Å². The minimum atomic E-state index is -1.06. The first-order chi connectivity index (χ1) is 15.4. The topological polar surface area (TPSA) is 73.8 Å². The van der Waals surface area contributed by atoms with Gasteiger partial charge in [0, 0.05) is 35.2 Å². The molecule has 2 aromatic rings. The minimum Gasteiger partial charge on any atom is -0.324 e. The molecular formula is C23H25ClF2N4O2. The van der Waals surface area contributed by atoms with Crippen molar-refractivity contribution < 1.29 is 18.4 Å². The molecule has 0 radical (unpaired) electrons. The average Bonchev–Trinajstić information content (AvgIpc) is 3.04. The standard InChI is InChI=1S/C21H19ClF2N4O2.C2H6/c22-14-3-1-13(2-4-14)19-20(30)28(21(27-19)7-9-25-10-8-21)12-18(29)26-15-5-6-16(23)17(24)11-15;1-2/h1-6,11,25H,7-10,12H2,(H,26,29);1-2H3. The molecule has 6 nitrogen and oxygen atoms in total. The number of aliphatic imine (C=N–C) groups is 1. The van der Waals surface area contributed by atoms with Gasteiger partial charge in [0.15, 0.2) is 11.6 Å². The molecule has 2 aliphatic heterocycles. The Morgan fingerprint density at radius 1 is 1.12 bits per heavy atom. The molecule has 0 aromatic heterocycles. The van der Waals surface area contributed by atoms with Gasteiger partial charge in [-0.25, -0.2) is 8.78 Å². The van der Waals surface area contributed by atoms with Crippen LogP contribution in [0.25, 0.3) is 0 Å². The van der Waals surface area contributed by atoms with E-state index in [2.05, 4.69) is 10.6 Å². The summed E-state index contributed by atoms with van der Waals surface area (Å²) in [5, 5.41) is 6.30. The number of nitrogens with zero attached hydrogens (tertiary/aromatic N) is 2. The summed E-state index contributed by atoms with van der Waals surface area (Å²) in [4.78, 5) is 32.0. The number of hydrogen-bond donors (Lipinski definition) is 2. The van der Waals surface area contributed by atoms with Crippen LogP contribution in [0.4, 0.5) is 14.5 Å². The van der Waals surface area contributed by atoms with Gasteiger partial charge in [0.2, 0.25) is 5.91 Å². The van der Waals surface area contributed by atoms with Crippen LogP contribution in [-0.4, -0.2) is 47.7 Å². The van der Waals surface area contributed by atoms with Crippen LogP contribution in [0.1, 0.15) is 32.3 Å². The number of halogens is 3. The molecule has 0 saturated carbocycles. The molecule has 2 heterocycles. The van der Waals surface area contributed by atoms with Crippen molar-refractivity contribution in [2.45, 2.75) is 32.4 Å². The van der Waals surface area contributed by atoms with Crippen LogP contribution in [-0.2, 0) is 9.59 Å². The number of carbonyl (C=O) groups is 2. The Morgan fingerprint density at radius 3 is 2.41 bits per heavy atom. The van der Waals surface area contributed by atoms with Gasteiger partial charge in [-0.05, 0) is 37.4 Å². The van der Waals surface area contributed by atoms with Crippen LogP contribution in [0, 0.1) is 11.6 Å². The molecule has 4 rings (SSSR count). The van der Waals surface area contributed by atoms with E-state index in [1.54, 1.807) is 24.3 Å². The van der Waals surface area contributed by atoms with Crippen molar-refractivity contribution in [3.8, 4) is 0 Å². The summed E-state index contributed by atoms with van der Waals surface area (Å²) in [6.45, 7) is 5.07. The molecule has 9 heteroatoms. The third-order valence-electron chi connectivity index (χ3n) is 5.30. The van der Waals surface area contributed by atoms with Crippen molar-refractivity contribution in [1.29, 1.82) is 0 Å². The SMILES string of the molecule is CC.O=C(CN1C(=O)C(c2ccc(Cl)cc2)=NC12CCNCC2)Nc1ccc(F)c(F)c1. The lowest BCUT2D eigenvalue weighted by Gasteiger charge is -2.39. The molecule has 1 saturated heterocycles. The quantitative estimate of drug-likeness (QED) is 0.721. The lowest BCUT2D eigenvalue weighted by atomic mass is 9.97. The second-order valence-corrected chi connectivity index (χ2v) is 7.70. The second kappa shape index (κ2) is 10.2. The summed E-state index contributed by atoms with van der Waals surface area (Å²) >= 11 is 5.95. The van der Waals surface area contributed by atoms with E-state index in [1.165, 1.54) is 11.0 Å². The fraction of sp³-hybridized carbons (Fsp3) is 0.348. The molecule has 0 bridgehead atoms. The highest BCUT2D eigenvalue weighted by Gasteiger charge is 2.48. The molecule has 2 amide bonds. The predicted octanol–water partition coefficient (Wildman–Crippen LogP) is 3.99. The Bertz CT molecular complexity index is 1020. The Kier molecular flexibility index (Phi) is 7.58. The summed E-state index contributed by atoms with van der Waals surface area (Å²) in [6.07, 6.45) is 1.13. The normalized spacial score (nSPS) is 17.0. The van der Waals surface area contributed by atoms with Crippen molar-refractivity contribution in [3.05, 3.63) is 64.7 Å². The molecule has 2 aromatic carbocycles. The zero-order valence-electron chi connectivity index (χ0n) is 17.9. The molecule has 0 unspecified atom stereocenters. The smallest absolute Gasteiger partial charge is 0.275 e. The van der Waals surface area contributed by atoms with Crippen LogP contribution < -0.4 is 10.6 Å². The monoisotopic (exact) mass is 462 g/mol. The molecule has 32 heavy (non-hydrogen) atoms. The number of anilines is 1. The summed E-state index contributed by atoms with van der Waals surface area (Å²) in [5.74, 6) is -2.93. The Balaban J connectivity index is 0.00000141. The maximum Gasteiger partial charge on any atom is 0.275 e. The Morgan fingerprint density at radius 2 is 1.78 bits per heavy atom. The molecule has 2 N–H and O–H groups in total. The molecule has 0 atom stereocenters. The maximum absolute atomic E-state index is 13.4. The number of carbonyl (C=O) groups excluding carboxylic acids is 2. The van der Waals surface area contributed by atoms with E-state index in [9.17, 15) is 18.4 Å². The molecule has 1 fully saturated rings. The van der Waals surface area contributed by atoms with Gasteiger partial charge >= 0.3 is 0 Å². The van der Waals surface area contributed by atoms with E-state index in [-0.39, 0.29) is 23.9 Å². The summed E-state index contributed by atoms with van der Waals surface area (Å²) in [5.41, 5.74) is 0.214. The lowest BCUT2D eigenvalue weighted by molar-refractivity contribution is -0.133. The highest BCUT2D eigenvalue weighted by Crippen LogP contribution is 2.34. The Hall–Kier alpha value is -2.84. The molecule has 0 aliphatic carbocycles. The van der Waals surface area contributed by atoms with Crippen molar-refractivity contribution in [2.75, 3.05) is 25.0 Å². The van der Waals surface area contributed by atoms with Gasteiger partial charge in [-0.3, -0.25) is 14.6 Å². The van der Waals surface area contributed by atoms with Gasteiger partial charge in [0.25, 0.3) is 5.91 Å². The van der Waals surface area contributed by atoms with E-state index < -0.39 is 23.2 Å². The zero-order chi connectivity index (χ0) is 23.3. The van der Waals surface area contributed by atoms with Crippen molar-refractivity contribution in [1.82, 2.24) is 10.2 Å². The molecule has 170 valence electrons. The first-order valence-corrected chi connectivity index (χ1v) is 10.9. The zero-order valence-corrected chi connectivity index (χ0v) is 18.7. The van der Waals surface area contributed by atoms with Crippen LogP contribution in [0.5, 0.6) is 0 Å². The van der Waals surface area contributed by atoms with Gasteiger partial charge < -0.3 is 15.5 Å². The first kappa shape index (κ1) is 23.8. The van der Waals surface area contributed by atoms with E-state index in [4.69, 9.17) is 16.6 Å². The number of rotatable bonds is 4. The molecule has 2 aliphatic rings. The number of benzene rings is 2. The first-order valence-electron chi connectivity index (χ1n) is 10.5. The Labute approximate surface area is 190 Å². The van der Waals surface area contributed by atoms with Gasteiger partial charge in [0.05, 0.1) is 0 Å². The highest BCUT2D eigenvalue weighted by molar-refractivity contribution is 6.47. The number of nitrogens with one attached hydrogen (secondary N) is 2. The maximum atomic E-state index is 13.4. The summed E-state index contributed by atoms with van der Waals surface area (Å²) in [7, 11) is 0. The number of piperidine rings is 1. The molecule has 1 spiro atoms. The van der Waals surface area contributed by atoms with Crippen LogP contribution in [0.2, 0.25) is 5.02 Å². The molecular weight excluding hydrogens is 438 g/mol. The van der Waals surface area contributed by atoms with Crippen molar-refractivity contribution >= 4 is 34.8 Å². The van der Waals surface area contributed by atoms with Gasteiger partial charge in [-0.2, -0.15) is 0 Å². The van der Waals surface area contributed by atoms with E-state index >= 15 is 0 Å². The minimum absolute atomic E-state index is 0.115. The van der Waals surface area contributed by atoms with Gasteiger partial charge in [-0.1, -0.05) is 37.6 Å².